The van der Waals surface area contributed by atoms with E-state index in [1.54, 1.807) is 43.3 Å². The highest BCUT2D eigenvalue weighted by Gasteiger charge is 2.23. The number of rotatable bonds is 4. The van der Waals surface area contributed by atoms with Crippen LogP contribution in [0.3, 0.4) is 0 Å². The monoisotopic (exact) mass is 410 g/mol. The van der Waals surface area contributed by atoms with Gasteiger partial charge >= 0.3 is 11.6 Å². The third-order valence-electron chi connectivity index (χ3n) is 4.38. The van der Waals surface area contributed by atoms with Crippen LogP contribution >= 0.6 is 11.6 Å². The maximum absolute atomic E-state index is 13.0. The number of aromatic amines is 1. The van der Waals surface area contributed by atoms with Gasteiger partial charge in [-0.15, -0.1) is 0 Å². The van der Waals surface area contributed by atoms with Gasteiger partial charge < -0.3 is 13.9 Å². The number of carbonyl (C=O) groups is 1. The molecule has 0 bridgehead atoms. The summed E-state index contributed by atoms with van der Waals surface area (Å²) in [5, 5.41) is 8.25. The third-order valence-corrected chi connectivity index (χ3v) is 4.63. The molecule has 2 aromatic carbocycles. The lowest BCUT2D eigenvalue weighted by atomic mass is 10.1. The van der Waals surface area contributed by atoms with Crippen molar-refractivity contribution in [1.82, 2.24) is 10.2 Å². The van der Waals surface area contributed by atoms with E-state index in [0.29, 0.717) is 33.1 Å². The largest absolute Gasteiger partial charge is 0.493 e. The summed E-state index contributed by atoms with van der Waals surface area (Å²) in [5.41, 5.74) is 1.76. The summed E-state index contributed by atoms with van der Waals surface area (Å²) in [6.45, 7) is 1.72. The second-order valence-electron chi connectivity index (χ2n) is 6.26. The van der Waals surface area contributed by atoms with Gasteiger partial charge in [-0.25, -0.2) is 9.59 Å². The number of fused-ring (bicyclic) bond motifs is 1. The van der Waals surface area contributed by atoms with Gasteiger partial charge in [0.15, 0.2) is 11.5 Å². The zero-order valence-corrected chi connectivity index (χ0v) is 16.2. The van der Waals surface area contributed by atoms with Crippen LogP contribution < -0.4 is 15.1 Å². The van der Waals surface area contributed by atoms with Crippen molar-refractivity contribution in [3.63, 3.8) is 0 Å². The molecule has 2 aromatic heterocycles. The second-order valence-corrected chi connectivity index (χ2v) is 6.70. The molecule has 0 aliphatic carbocycles. The number of esters is 1. The Kier molecular flexibility index (Phi) is 4.82. The van der Waals surface area contributed by atoms with Crippen molar-refractivity contribution in [3.05, 3.63) is 75.2 Å². The number of ether oxygens (including phenoxy) is 2. The number of aromatic nitrogens is 2. The molecule has 146 valence electrons. The first-order valence-electron chi connectivity index (χ1n) is 8.61. The quantitative estimate of drug-likeness (QED) is 0.305. The van der Waals surface area contributed by atoms with E-state index in [1.807, 2.05) is 0 Å². The maximum atomic E-state index is 13.0. The average molecular weight is 411 g/mol. The Balaban J connectivity index is 1.74. The van der Waals surface area contributed by atoms with Gasteiger partial charge in [-0.3, -0.25) is 5.10 Å². The molecule has 29 heavy (non-hydrogen) atoms. The van der Waals surface area contributed by atoms with Crippen molar-refractivity contribution in [2.75, 3.05) is 7.11 Å². The number of carbonyl (C=O) groups excluding carboxylic acids is 1. The third kappa shape index (κ3) is 3.60. The van der Waals surface area contributed by atoms with Gasteiger partial charge in [0.2, 0.25) is 0 Å². The van der Waals surface area contributed by atoms with E-state index >= 15 is 0 Å². The van der Waals surface area contributed by atoms with Crippen LogP contribution in [0, 0.1) is 6.92 Å². The number of nitrogens with zero attached hydrogens (tertiary/aromatic N) is 1. The molecule has 2 heterocycles. The van der Waals surface area contributed by atoms with Gasteiger partial charge in [0, 0.05) is 33.8 Å². The lowest BCUT2D eigenvalue weighted by molar-refractivity contribution is 0.0730. The molecular weight excluding hydrogens is 396 g/mol. The molecule has 4 rings (SSSR count). The minimum Gasteiger partial charge on any atom is -0.493 e. The Morgan fingerprint density at radius 3 is 2.59 bits per heavy atom. The van der Waals surface area contributed by atoms with Gasteiger partial charge in [-0.05, 0) is 31.2 Å². The number of H-pyrrole nitrogens is 1. The molecule has 0 saturated heterocycles. The molecule has 0 unspecified atom stereocenters. The summed E-state index contributed by atoms with van der Waals surface area (Å²) < 4.78 is 16.1. The molecule has 0 aliphatic rings. The Morgan fingerprint density at radius 1 is 1.10 bits per heavy atom. The standard InChI is InChI=1S/C21H15ClN2O5/c1-11-19(20(24-23-11)12-3-6-14(22)7-4-12)21(26)29-17-10-15-13(9-16(17)27-2)5-8-18(25)28-15/h3-10H,1-2H3,(H,23,24). The molecule has 7 nitrogen and oxygen atoms in total. The molecule has 0 fully saturated rings. The van der Waals surface area contributed by atoms with Crippen LogP contribution in [0.25, 0.3) is 22.2 Å². The number of halogens is 1. The number of aryl methyl sites for hydroxylation is 1. The second kappa shape index (κ2) is 7.44. The fraction of sp³-hybridized carbons (Fsp3) is 0.0952. The number of benzene rings is 2. The van der Waals surface area contributed by atoms with Gasteiger partial charge in [0.25, 0.3) is 0 Å². The molecule has 1 N–H and O–H groups in total. The molecule has 0 amide bonds. The van der Waals surface area contributed by atoms with Crippen LogP contribution in [0.2, 0.25) is 5.02 Å². The minimum atomic E-state index is -0.628. The number of hydrogen-bond acceptors (Lipinski definition) is 6. The highest BCUT2D eigenvalue weighted by molar-refractivity contribution is 6.30. The highest BCUT2D eigenvalue weighted by atomic mass is 35.5. The molecule has 0 spiro atoms. The first-order chi connectivity index (χ1) is 14.0. The summed E-state index contributed by atoms with van der Waals surface area (Å²) in [5.74, 6) is -0.173. The van der Waals surface area contributed by atoms with E-state index in [9.17, 15) is 9.59 Å². The normalized spacial score (nSPS) is 10.9. The first-order valence-corrected chi connectivity index (χ1v) is 8.99. The maximum Gasteiger partial charge on any atom is 0.347 e. The Hall–Kier alpha value is -3.58. The number of methoxy groups -OCH3 is 1. The fourth-order valence-corrected chi connectivity index (χ4v) is 3.09. The lowest BCUT2D eigenvalue weighted by Gasteiger charge is -2.11. The zero-order chi connectivity index (χ0) is 20.5. The number of nitrogens with one attached hydrogen (secondary N) is 1. The van der Waals surface area contributed by atoms with Gasteiger partial charge in [-0.2, -0.15) is 5.10 Å². The van der Waals surface area contributed by atoms with Crippen molar-refractivity contribution in [2.24, 2.45) is 0 Å². The highest BCUT2D eigenvalue weighted by Crippen LogP contribution is 2.33. The SMILES string of the molecule is COc1cc2ccc(=O)oc2cc1OC(=O)c1c(-c2ccc(Cl)cc2)n[nH]c1C. The van der Waals surface area contributed by atoms with Crippen LogP contribution in [0.5, 0.6) is 11.5 Å². The molecule has 4 aromatic rings. The van der Waals surface area contributed by atoms with Crippen molar-refractivity contribution >= 4 is 28.5 Å². The Morgan fingerprint density at radius 2 is 1.86 bits per heavy atom. The topological polar surface area (TPSA) is 94.4 Å². The lowest BCUT2D eigenvalue weighted by Crippen LogP contribution is -2.11. The van der Waals surface area contributed by atoms with Gasteiger partial charge in [-0.1, -0.05) is 23.7 Å². The van der Waals surface area contributed by atoms with E-state index < -0.39 is 11.6 Å². The fourth-order valence-electron chi connectivity index (χ4n) is 2.96. The molecule has 0 saturated carbocycles. The Bertz CT molecular complexity index is 1270. The van der Waals surface area contributed by atoms with Gasteiger partial charge in [0.05, 0.1) is 7.11 Å². The molecule has 8 heteroatoms. The predicted molar refractivity (Wildman–Crippen MR) is 108 cm³/mol. The van der Waals surface area contributed by atoms with Crippen LogP contribution in [-0.2, 0) is 0 Å². The Labute approximate surface area is 169 Å². The average Bonchev–Trinajstić information content (AvgIpc) is 3.09. The van der Waals surface area contributed by atoms with Crippen molar-refractivity contribution < 1.29 is 18.7 Å². The summed E-state index contributed by atoms with van der Waals surface area (Å²) >= 11 is 5.94. The first kappa shape index (κ1) is 18.8. The minimum absolute atomic E-state index is 0.127. The van der Waals surface area contributed by atoms with E-state index in [1.165, 1.54) is 19.2 Å². The zero-order valence-electron chi connectivity index (χ0n) is 15.5. The van der Waals surface area contributed by atoms with E-state index in [0.717, 1.165) is 0 Å². The summed E-state index contributed by atoms with van der Waals surface area (Å²) in [6, 6.07) is 12.9. The smallest absolute Gasteiger partial charge is 0.347 e. The summed E-state index contributed by atoms with van der Waals surface area (Å²) in [6.07, 6.45) is 0. The van der Waals surface area contributed by atoms with Crippen LogP contribution in [0.4, 0.5) is 0 Å². The van der Waals surface area contributed by atoms with Crippen LogP contribution in [-0.4, -0.2) is 23.3 Å². The summed E-state index contributed by atoms with van der Waals surface area (Å²) in [4.78, 5) is 24.5. The van der Waals surface area contributed by atoms with Crippen molar-refractivity contribution in [3.8, 4) is 22.8 Å². The molecule has 0 aliphatic heterocycles. The van der Waals surface area contributed by atoms with Crippen LogP contribution in [0.15, 0.2) is 57.7 Å². The molecular formula is C21H15ClN2O5. The van der Waals surface area contributed by atoms with Crippen LogP contribution in [0.1, 0.15) is 16.1 Å². The van der Waals surface area contributed by atoms with E-state index in [2.05, 4.69) is 10.2 Å². The molecule has 0 radical (unpaired) electrons. The predicted octanol–water partition coefficient (Wildman–Crippen LogP) is 4.37. The summed E-state index contributed by atoms with van der Waals surface area (Å²) in [7, 11) is 1.46. The van der Waals surface area contributed by atoms with E-state index in [-0.39, 0.29) is 16.9 Å². The van der Waals surface area contributed by atoms with E-state index in [4.69, 9.17) is 25.5 Å². The molecule has 0 atom stereocenters. The van der Waals surface area contributed by atoms with Crippen molar-refractivity contribution in [2.45, 2.75) is 6.92 Å². The number of hydrogen-bond donors (Lipinski definition) is 1. The van der Waals surface area contributed by atoms with Crippen molar-refractivity contribution in [1.29, 1.82) is 0 Å². The van der Waals surface area contributed by atoms with Gasteiger partial charge in [0.1, 0.15) is 16.8 Å².